The van der Waals surface area contributed by atoms with Crippen molar-refractivity contribution in [2.45, 2.75) is 11.3 Å². The number of methoxy groups -OCH3 is 1. The van der Waals surface area contributed by atoms with Crippen LogP contribution < -0.4 is 9.64 Å². The average Bonchev–Trinajstić information content (AvgIpc) is 2.95. The lowest BCUT2D eigenvalue weighted by Crippen LogP contribution is -2.35. The highest BCUT2D eigenvalue weighted by atomic mass is 79.9. The molecule has 1 aliphatic rings. The lowest BCUT2D eigenvalue weighted by molar-refractivity contribution is 0.393. The Kier molecular flexibility index (Phi) is 6.05. The summed E-state index contributed by atoms with van der Waals surface area (Å²) in [5.41, 5.74) is 1.60. The summed E-state index contributed by atoms with van der Waals surface area (Å²) >= 11 is 3.34. The van der Waals surface area contributed by atoms with Crippen LogP contribution in [0.15, 0.2) is 51.8 Å². The van der Waals surface area contributed by atoms with Crippen molar-refractivity contribution in [2.75, 3.05) is 38.2 Å². The number of hydrogen-bond donors (Lipinski definition) is 0. The second-order valence-electron chi connectivity index (χ2n) is 6.20. The summed E-state index contributed by atoms with van der Waals surface area (Å²) in [6.07, 6.45) is 0.718. The number of nitriles is 1. The number of hydrogen-bond acceptors (Lipinski definition) is 5. The Morgan fingerprint density at radius 2 is 1.81 bits per heavy atom. The third-order valence-corrected chi connectivity index (χ3v) is 6.97. The standard InChI is InChI=1S/C19H20BrN3O3S/c1-26-18-8-5-16(20)13-19(18)27(24,25)23-10-2-9-22(11-12-23)17-6-3-15(14-21)4-7-17/h3-8,13H,2,9-12H2,1H3. The topological polar surface area (TPSA) is 73.6 Å². The quantitative estimate of drug-likeness (QED) is 0.715. The molecule has 0 aliphatic carbocycles. The number of benzene rings is 2. The summed E-state index contributed by atoms with van der Waals surface area (Å²) < 4.78 is 33.8. The molecule has 0 spiro atoms. The second kappa shape index (κ2) is 8.30. The van der Waals surface area contributed by atoms with Gasteiger partial charge in [-0.3, -0.25) is 0 Å². The fraction of sp³-hybridized carbons (Fsp3) is 0.316. The molecule has 1 heterocycles. The van der Waals surface area contributed by atoms with Gasteiger partial charge in [-0.25, -0.2) is 8.42 Å². The van der Waals surface area contributed by atoms with Crippen molar-refractivity contribution in [3.63, 3.8) is 0 Å². The normalized spacial score (nSPS) is 15.8. The van der Waals surface area contributed by atoms with Crippen molar-refractivity contribution in [3.05, 3.63) is 52.5 Å². The highest BCUT2D eigenvalue weighted by Gasteiger charge is 2.29. The Morgan fingerprint density at radius 3 is 2.48 bits per heavy atom. The smallest absolute Gasteiger partial charge is 0.246 e. The van der Waals surface area contributed by atoms with E-state index in [4.69, 9.17) is 10.00 Å². The average molecular weight is 450 g/mol. The maximum atomic E-state index is 13.2. The van der Waals surface area contributed by atoms with Crippen LogP contribution in [0, 0.1) is 11.3 Å². The maximum Gasteiger partial charge on any atom is 0.246 e. The van der Waals surface area contributed by atoms with Crippen molar-refractivity contribution in [2.24, 2.45) is 0 Å². The number of anilines is 1. The Hall–Kier alpha value is -2.08. The number of halogens is 1. The Bertz CT molecular complexity index is 955. The zero-order valence-electron chi connectivity index (χ0n) is 14.9. The molecule has 0 unspecified atom stereocenters. The first-order valence-electron chi connectivity index (χ1n) is 8.54. The summed E-state index contributed by atoms with van der Waals surface area (Å²) in [6, 6.07) is 14.5. The molecule has 3 rings (SSSR count). The molecular weight excluding hydrogens is 430 g/mol. The minimum absolute atomic E-state index is 0.172. The number of nitrogens with zero attached hydrogens (tertiary/aromatic N) is 3. The molecule has 0 bridgehead atoms. The lowest BCUT2D eigenvalue weighted by Gasteiger charge is -2.24. The molecule has 0 saturated carbocycles. The van der Waals surface area contributed by atoms with Crippen molar-refractivity contribution in [1.29, 1.82) is 5.26 Å². The predicted molar refractivity (Wildman–Crippen MR) is 107 cm³/mol. The maximum absolute atomic E-state index is 13.2. The monoisotopic (exact) mass is 449 g/mol. The van der Waals surface area contributed by atoms with Crippen LogP contribution in [0.25, 0.3) is 0 Å². The van der Waals surface area contributed by atoms with Gasteiger partial charge in [0.1, 0.15) is 10.6 Å². The molecular formula is C19H20BrN3O3S. The van der Waals surface area contributed by atoms with Gasteiger partial charge in [-0.05, 0) is 48.9 Å². The first-order valence-corrected chi connectivity index (χ1v) is 10.8. The molecule has 6 nitrogen and oxygen atoms in total. The van der Waals surface area contributed by atoms with Gasteiger partial charge in [0, 0.05) is 36.3 Å². The van der Waals surface area contributed by atoms with Gasteiger partial charge in [-0.1, -0.05) is 15.9 Å². The molecule has 2 aromatic carbocycles. The van der Waals surface area contributed by atoms with Gasteiger partial charge in [0.15, 0.2) is 0 Å². The van der Waals surface area contributed by atoms with Crippen LogP contribution in [0.2, 0.25) is 0 Å². The molecule has 0 amide bonds. The first-order chi connectivity index (χ1) is 13.0. The highest BCUT2D eigenvalue weighted by Crippen LogP contribution is 2.30. The van der Waals surface area contributed by atoms with E-state index in [9.17, 15) is 8.42 Å². The molecule has 0 N–H and O–H groups in total. The zero-order valence-corrected chi connectivity index (χ0v) is 17.3. The SMILES string of the molecule is COc1ccc(Br)cc1S(=O)(=O)N1CCCN(c2ccc(C#N)cc2)CC1. The summed E-state index contributed by atoms with van der Waals surface area (Å²) in [5.74, 6) is 0.339. The minimum Gasteiger partial charge on any atom is -0.495 e. The lowest BCUT2D eigenvalue weighted by atomic mass is 10.2. The largest absolute Gasteiger partial charge is 0.495 e. The van der Waals surface area contributed by atoms with Gasteiger partial charge in [-0.15, -0.1) is 0 Å². The molecule has 0 radical (unpaired) electrons. The molecule has 1 saturated heterocycles. The van der Waals surface area contributed by atoms with Crippen LogP contribution in [0.3, 0.4) is 0 Å². The summed E-state index contributed by atoms with van der Waals surface area (Å²) in [4.78, 5) is 2.32. The predicted octanol–water partition coefficient (Wildman–Crippen LogP) is 3.23. The van der Waals surface area contributed by atoms with Crippen LogP contribution in [-0.2, 0) is 10.0 Å². The minimum atomic E-state index is -3.66. The summed E-state index contributed by atoms with van der Waals surface area (Å²) in [5, 5.41) is 8.93. The van der Waals surface area contributed by atoms with Crippen LogP contribution in [-0.4, -0.2) is 46.0 Å². The van der Waals surface area contributed by atoms with Crippen molar-refractivity contribution in [3.8, 4) is 11.8 Å². The molecule has 2 aromatic rings. The van der Waals surface area contributed by atoms with Crippen LogP contribution in [0.4, 0.5) is 5.69 Å². The first kappa shape index (κ1) is 19.7. The van der Waals surface area contributed by atoms with Crippen molar-refractivity contribution in [1.82, 2.24) is 4.31 Å². The van der Waals surface area contributed by atoms with E-state index in [1.165, 1.54) is 11.4 Å². The summed E-state index contributed by atoms with van der Waals surface area (Å²) in [7, 11) is -2.19. The van der Waals surface area contributed by atoms with E-state index >= 15 is 0 Å². The molecule has 1 fully saturated rings. The van der Waals surface area contributed by atoms with Crippen molar-refractivity contribution < 1.29 is 13.2 Å². The van der Waals surface area contributed by atoms with Crippen LogP contribution in [0.5, 0.6) is 5.75 Å². The third kappa shape index (κ3) is 4.26. The van der Waals surface area contributed by atoms with E-state index < -0.39 is 10.0 Å². The third-order valence-electron chi connectivity index (χ3n) is 4.56. The van der Waals surface area contributed by atoms with Crippen LogP contribution in [0.1, 0.15) is 12.0 Å². The van der Waals surface area contributed by atoms with Gasteiger partial charge in [0.05, 0.1) is 18.7 Å². The van der Waals surface area contributed by atoms with Gasteiger partial charge >= 0.3 is 0 Å². The van der Waals surface area contributed by atoms with E-state index in [-0.39, 0.29) is 4.90 Å². The fourth-order valence-electron chi connectivity index (χ4n) is 3.13. The molecule has 1 aliphatic heterocycles. The second-order valence-corrected chi connectivity index (χ2v) is 9.02. The van der Waals surface area contributed by atoms with Crippen LogP contribution >= 0.6 is 15.9 Å². The molecule has 8 heteroatoms. The summed E-state index contributed by atoms with van der Waals surface area (Å²) in [6.45, 7) is 2.18. The highest BCUT2D eigenvalue weighted by molar-refractivity contribution is 9.10. The van der Waals surface area contributed by atoms with E-state index in [0.29, 0.717) is 35.4 Å². The Morgan fingerprint density at radius 1 is 1.07 bits per heavy atom. The Balaban J connectivity index is 1.81. The van der Waals surface area contributed by atoms with E-state index in [1.54, 1.807) is 30.3 Å². The number of sulfonamides is 1. The van der Waals surface area contributed by atoms with Gasteiger partial charge in [0.25, 0.3) is 0 Å². The van der Waals surface area contributed by atoms with Gasteiger partial charge in [0.2, 0.25) is 10.0 Å². The molecule has 0 atom stereocenters. The van der Waals surface area contributed by atoms with Gasteiger partial charge in [-0.2, -0.15) is 9.57 Å². The molecule has 27 heavy (non-hydrogen) atoms. The molecule has 0 aromatic heterocycles. The van der Waals surface area contributed by atoms with E-state index in [0.717, 1.165) is 18.7 Å². The van der Waals surface area contributed by atoms with E-state index in [2.05, 4.69) is 26.9 Å². The van der Waals surface area contributed by atoms with Gasteiger partial charge < -0.3 is 9.64 Å². The fourth-order valence-corrected chi connectivity index (χ4v) is 5.29. The number of ether oxygens (including phenoxy) is 1. The zero-order chi connectivity index (χ0) is 19.4. The molecule has 142 valence electrons. The number of rotatable bonds is 4. The van der Waals surface area contributed by atoms with E-state index in [1.807, 2.05) is 12.1 Å². The van der Waals surface area contributed by atoms with Crippen molar-refractivity contribution >= 4 is 31.6 Å². The Labute approximate surface area is 168 Å².